The number of aliphatic imine (C=N–C) groups is 1. The van der Waals surface area contributed by atoms with Gasteiger partial charge in [-0.05, 0) is 12.8 Å². The van der Waals surface area contributed by atoms with Crippen molar-refractivity contribution in [3.05, 3.63) is 42.4 Å². The van der Waals surface area contributed by atoms with Crippen molar-refractivity contribution in [2.24, 2.45) is 10.7 Å². The van der Waals surface area contributed by atoms with Gasteiger partial charge >= 0.3 is 0 Å². The van der Waals surface area contributed by atoms with Gasteiger partial charge in [-0.3, -0.25) is 0 Å². The molecule has 1 saturated heterocycles. The molecule has 0 spiro atoms. The van der Waals surface area contributed by atoms with Crippen LogP contribution in [-0.2, 0) is 11.3 Å². The van der Waals surface area contributed by atoms with Crippen LogP contribution in [0.1, 0.15) is 18.5 Å². The highest BCUT2D eigenvalue weighted by molar-refractivity contribution is 5.77. The molecule has 1 unspecified atom stereocenters. The predicted octanol–water partition coefficient (Wildman–Crippen LogP) is 1.92. The zero-order valence-corrected chi connectivity index (χ0v) is 12.4. The second-order valence-corrected chi connectivity index (χ2v) is 5.21. The van der Waals surface area contributed by atoms with Crippen LogP contribution < -0.4 is 11.1 Å². The largest absolute Gasteiger partial charge is 0.443 e. The first-order valence-corrected chi connectivity index (χ1v) is 7.46. The van der Waals surface area contributed by atoms with E-state index >= 15 is 0 Å². The average Bonchev–Trinajstić information content (AvgIpc) is 3.23. The lowest BCUT2D eigenvalue weighted by molar-refractivity contribution is 0.114. The number of guanidine groups is 1. The van der Waals surface area contributed by atoms with Gasteiger partial charge < -0.3 is 20.2 Å². The van der Waals surface area contributed by atoms with Gasteiger partial charge in [0, 0.05) is 18.7 Å². The standard InChI is InChI=1S/C16H20N4O2/c17-16(18-9-13-7-4-8-21-13)19-10-14-15(22-11-20-14)12-5-2-1-3-6-12/h1-3,5-6,11,13H,4,7-10H2,(H3,17,18,19). The molecule has 0 saturated carbocycles. The van der Waals surface area contributed by atoms with Crippen LogP contribution in [0.2, 0.25) is 0 Å². The highest BCUT2D eigenvalue weighted by Crippen LogP contribution is 2.23. The molecule has 0 bridgehead atoms. The number of hydrogen-bond acceptors (Lipinski definition) is 4. The maximum atomic E-state index is 5.88. The van der Waals surface area contributed by atoms with Crippen LogP contribution in [0.5, 0.6) is 0 Å². The van der Waals surface area contributed by atoms with Crippen molar-refractivity contribution < 1.29 is 9.15 Å². The Morgan fingerprint density at radius 1 is 1.36 bits per heavy atom. The number of nitrogens with two attached hydrogens (primary N) is 1. The molecule has 0 amide bonds. The maximum Gasteiger partial charge on any atom is 0.189 e. The van der Waals surface area contributed by atoms with Crippen LogP contribution in [0.15, 0.2) is 46.1 Å². The Morgan fingerprint density at radius 2 is 2.23 bits per heavy atom. The lowest BCUT2D eigenvalue weighted by Crippen LogP contribution is -2.37. The molecule has 1 aromatic carbocycles. The number of aromatic nitrogens is 1. The van der Waals surface area contributed by atoms with Crippen molar-refractivity contribution in [2.45, 2.75) is 25.5 Å². The highest BCUT2D eigenvalue weighted by Gasteiger charge is 2.15. The van der Waals surface area contributed by atoms with Crippen molar-refractivity contribution in [1.29, 1.82) is 0 Å². The summed E-state index contributed by atoms with van der Waals surface area (Å²) in [7, 11) is 0. The molecule has 3 N–H and O–H groups in total. The Labute approximate surface area is 129 Å². The minimum Gasteiger partial charge on any atom is -0.443 e. The molecule has 116 valence electrons. The summed E-state index contributed by atoms with van der Waals surface area (Å²) in [6.45, 7) is 1.91. The SMILES string of the molecule is NC(=NCc1ncoc1-c1ccccc1)NCC1CCCO1. The molecule has 0 radical (unpaired) electrons. The second-order valence-electron chi connectivity index (χ2n) is 5.21. The highest BCUT2D eigenvalue weighted by atomic mass is 16.5. The molecule has 1 aliphatic heterocycles. The Kier molecular flexibility index (Phi) is 4.70. The summed E-state index contributed by atoms with van der Waals surface area (Å²) in [4.78, 5) is 8.54. The molecule has 1 aromatic heterocycles. The fourth-order valence-corrected chi connectivity index (χ4v) is 2.45. The van der Waals surface area contributed by atoms with E-state index in [2.05, 4.69) is 15.3 Å². The van der Waals surface area contributed by atoms with Gasteiger partial charge in [0.15, 0.2) is 18.1 Å². The normalized spacial score (nSPS) is 18.5. The third-order valence-electron chi connectivity index (χ3n) is 3.61. The lowest BCUT2D eigenvalue weighted by atomic mass is 10.1. The van der Waals surface area contributed by atoms with Crippen LogP contribution in [0.3, 0.4) is 0 Å². The minimum atomic E-state index is 0.237. The predicted molar refractivity (Wildman–Crippen MR) is 84.2 cm³/mol. The van der Waals surface area contributed by atoms with E-state index in [1.54, 1.807) is 0 Å². The quantitative estimate of drug-likeness (QED) is 0.651. The van der Waals surface area contributed by atoms with Gasteiger partial charge in [0.25, 0.3) is 0 Å². The third kappa shape index (κ3) is 3.65. The van der Waals surface area contributed by atoms with Crippen molar-refractivity contribution in [2.75, 3.05) is 13.2 Å². The van der Waals surface area contributed by atoms with E-state index in [0.717, 1.165) is 36.5 Å². The molecule has 22 heavy (non-hydrogen) atoms. The van der Waals surface area contributed by atoms with Gasteiger partial charge in [0.2, 0.25) is 0 Å². The number of hydrogen-bond donors (Lipinski definition) is 2. The first kappa shape index (κ1) is 14.6. The molecular weight excluding hydrogens is 280 g/mol. The molecule has 0 aliphatic carbocycles. The lowest BCUT2D eigenvalue weighted by Gasteiger charge is -2.10. The molecule has 1 atom stereocenters. The van der Waals surface area contributed by atoms with Gasteiger partial charge in [-0.2, -0.15) is 0 Å². The van der Waals surface area contributed by atoms with Crippen LogP contribution in [0.25, 0.3) is 11.3 Å². The van der Waals surface area contributed by atoms with E-state index in [-0.39, 0.29) is 6.10 Å². The molecule has 6 nitrogen and oxygen atoms in total. The molecule has 2 aromatic rings. The van der Waals surface area contributed by atoms with E-state index in [4.69, 9.17) is 14.9 Å². The second kappa shape index (κ2) is 7.09. The van der Waals surface area contributed by atoms with Crippen LogP contribution in [-0.4, -0.2) is 30.2 Å². The maximum absolute atomic E-state index is 5.88. The molecule has 1 fully saturated rings. The summed E-state index contributed by atoms with van der Waals surface area (Å²) in [5, 5.41) is 3.09. The van der Waals surface area contributed by atoms with Crippen LogP contribution in [0, 0.1) is 0 Å². The van der Waals surface area contributed by atoms with Crippen LogP contribution in [0.4, 0.5) is 0 Å². The van der Waals surface area contributed by atoms with Gasteiger partial charge in [-0.25, -0.2) is 9.98 Å². The van der Waals surface area contributed by atoms with Crippen molar-refractivity contribution in [1.82, 2.24) is 10.3 Å². The zero-order chi connectivity index (χ0) is 15.2. The van der Waals surface area contributed by atoms with E-state index in [1.165, 1.54) is 6.39 Å². The fourth-order valence-electron chi connectivity index (χ4n) is 2.45. The monoisotopic (exact) mass is 300 g/mol. The van der Waals surface area contributed by atoms with Gasteiger partial charge in [-0.1, -0.05) is 30.3 Å². The first-order valence-electron chi connectivity index (χ1n) is 7.46. The summed E-state index contributed by atoms with van der Waals surface area (Å²) in [6.07, 6.45) is 3.86. The van der Waals surface area contributed by atoms with Gasteiger partial charge in [-0.15, -0.1) is 0 Å². The van der Waals surface area contributed by atoms with E-state index in [1.807, 2.05) is 30.3 Å². The van der Waals surface area contributed by atoms with Crippen LogP contribution >= 0.6 is 0 Å². The summed E-state index contributed by atoms with van der Waals surface area (Å²) < 4.78 is 11.0. The summed E-state index contributed by atoms with van der Waals surface area (Å²) in [6, 6.07) is 9.84. The number of nitrogens with zero attached hydrogens (tertiary/aromatic N) is 2. The van der Waals surface area contributed by atoms with Crippen molar-refractivity contribution >= 4 is 5.96 Å². The number of benzene rings is 1. The summed E-state index contributed by atoms with van der Waals surface area (Å²) >= 11 is 0. The molecule has 3 rings (SSSR count). The Bertz CT molecular complexity index is 618. The number of ether oxygens (including phenoxy) is 1. The fraction of sp³-hybridized carbons (Fsp3) is 0.375. The van der Waals surface area contributed by atoms with Crippen molar-refractivity contribution in [3.8, 4) is 11.3 Å². The van der Waals surface area contributed by atoms with E-state index in [9.17, 15) is 0 Å². The van der Waals surface area contributed by atoms with E-state index < -0.39 is 0 Å². The van der Waals surface area contributed by atoms with E-state index in [0.29, 0.717) is 19.0 Å². The summed E-state index contributed by atoms with van der Waals surface area (Å²) in [5.41, 5.74) is 7.64. The number of oxazole rings is 1. The number of rotatable bonds is 5. The minimum absolute atomic E-state index is 0.237. The summed E-state index contributed by atoms with van der Waals surface area (Å²) in [5.74, 6) is 1.13. The Hall–Kier alpha value is -2.34. The Balaban J connectivity index is 1.59. The third-order valence-corrected chi connectivity index (χ3v) is 3.61. The average molecular weight is 300 g/mol. The molecule has 6 heteroatoms. The molecule has 2 heterocycles. The molecular formula is C16H20N4O2. The van der Waals surface area contributed by atoms with Crippen molar-refractivity contribution in [3.63, 3.8) is 0 Å². The smallest absolute Gasteiger partial charge is 0.189 e. The first-order chi connectivity index (χ1) is 10.8. The molecule has 1 aliphatic rings. The number of nitrogens with one attached hydrogen (secondary N) is 1. The van der Waals surface area contributed by atoms with Gasteiger partial charge in [0.05, 0.1) is 12.6 Å². The zero-order valence-electron chi connectivity index (χ0n) is 12.4. The Morgan fingerprint density at radius 3 is 3.00 bits per heavy atom. The topological polar surface area (TPSA) is 85.7 Å². The van der Waals surface area contributed by atoms with Gasteiger partial charge in [0.1, 0.15) is 5.69 Å².